The summed E-state index contributed by atoms with van der Waals surface area (Å²) in [4.78, 5) is 33.3. The molecule has 3 fully saturated rings. The van der Waals surface area contributed by atoms with Crippen molar-refractivity contribution in [2.45, 2.75) is 31.8 Å². The van der Waals surface area contributed by atoms with Gasteiger partial charge in [-0.25, -0.2) is 4.79 Å². The number of nitrogens with zero attached hydrogens (tertiary/aromatic N) is 4. The molecule has 0 saturated carbocycles. The molecular formula is C19H27N5O3. The lowest BCUT2D eigenvalue weighted by Gasteiger charge is -2.43. The molecule has 8 heteroatoms. The standard InChI is InChI=1S/C19H27N5O3/c1-13-5-7-14(8-6-13)22-9-4-10-23-15-16(20-18(22)23)21(2)19(26)24(17(15)25)11-12-27-3/h5-8,15-16,18,20H,4,9-12H2,1-3H3. The van der Waals surface area contributed by atoms with Crippen molar-refractivity contribution in [3.8, 4) is 0 Å². The van der Waals surface area contributed by atoms with Crippen LogP contribution in [0.1, 0.15) is 12.0 Å². The first kappa shape index (κ1) is 18.2. The fourth-order valence-corrected chi connectivity index (χ4v) is 4.31. The van der Waals surface area contributed by atoms with Crippen molar-refractivity contribution in [1.82, 2.24) is 20.0 Å². The summed E-state index contributed by atoms with van der Waals surface area (Å²) in [6, 6.07) is 7.79. The summed E-state index contributed by atoms with van der Waals surface area (Å²) in [7, 11) is 3.33. The van der Waals surface area contributed by atoms with Crippen molar-refractivity contribution in [2.75, 3.05) is 45.3 Å². The van der Waals surface area contributed by atoms with Gasteiger partial charge in [-0.1, -0.05) is 17.7 Å². The Labute approximate surface area is 159 Å². The zero-order valence-electron chi connectivity index (χ0n) is 16.1. The van der Waals surface area contributed by atoms with Crippen LogP contribution in [-0.4, -0.2) is 85.5 Å². The van der Waals surface area contributed by atoms with E-state index in [4.69, 9.17) is 4.74 Å². The largest absolute Gasteiger partial charge is 0.383 e. The van der Waals surface area contributed by atoms with E-state index in [9.17, 15) is 9.59 Å². The van der Waals surface area contributed by atoms with E-state index in [0.717, 1.165) is 25.2 Å². The lowest BCUT2D eigenvalue weighted by atomic mass is 10.1. The van der Waals surface area contributed by atoms with Crippen LogP contribution in [0.5, 0.6) is 0 Å². The summed E-state index contributed by atoms with van der Waals surface area (Å²) in [6.07, 6.45) is 0.552. The predicted octanol–water partition coefficient (Wildman–Crippen LogP) is 0.629. The number of benzene rings is 1. The number of carbonyl (C=O) groups excluding carboxylic acids is 2. The summed E-state index contributed by atoms with van der Waals surface area (Å²) in [5.41, 5.74) is 2.34. The number of hydrogen-bond donors (Lipinski definition) is 1. The molecule has 3 aliphatic heterocycles. The average Bonchev–Trinajstić information content (AvgIpc) is 3.07. The number of anilines is 1. The van der Waals surface area contributed by atoms with E-state index in [1.54, 1.807) is 19.1 Å². The number of hydrogen-bond acceptors (Lipinski definition) is 6. The molecule has 0 radical (unpaired) electrons. The molecule has 3 amide bonds. The van der Waals surface area contributed by atoms with Crippen molar-refractivity contribution in [1.29, 1.82) is 0 Å². The Morgan fingerprint density at radius 1 is 1.19 bits per heavy atom. The monoisotopic (exact) mass is 373 g/mol. The fourth-order valence-electron chi connectivity index (χ4n) is 4.31. The van der Waals surface area contributed by atoms with E-state index >= 15 is 0 Å². The summed E-state index contributed by atoms with van der Waals surface area (Å²) in [5.74, 6) is -0.138. The highest BCUT2D eigenvalue weighted by Gasteiger charge is 2.55. The van der Waals surface area contributed by atoms with Crippen LogP contribution in [-0.2, 0) is 9.53 Å². The number of urea groups is 1. The number of likely N-dealkylation sites (N-methyl/N-ethyl adjacent to an activating group) is 1. The molecule has 146 valence electrons. The molecule has 3 saturated heterocycles. The van der Waals surface area contributed by atoms with Crippen molar-refractivity contribution >= 4 is 17.6 Å². The molecule has 3 atom stereocenters. The van der Waals surface area contributed by atoms with E-state index in [1.807, 2.05) is 0 Å². The van der Waals surface area contributed by atoms with Gasteiger partial charge in [0.15, 0.2) is 0 Å². The van der Waals surface area contributed by atoms with Gasteiger partial charge in [-0.15, -0.1) is 0 Å². The van der Waals surface area contributed by atoms with Crippen molar-refractivity contribution in [3.63, 3.8) is 0 Å². The second-order valence-electron chi connectivity index (χ2n) is 7.43. The van der Waals surface area contributed by atoms with Crippen molar-refractivity contribution < 1.29 is 14.3 Å². The van der Waals surface area contributed by atoms with E-state index in [-0.39, 0.29) is 37.0 Å². The van der Waals surface area contributed by atoms with Gasteiger partial charge in [0.25, 0.3) is 5.91 Å². The number of amides is 3. The first-order chi connectivity index (χ1) is 13.0. The van der Waals surface area contributed by atoms with Crippen LogP contribution in [0.15, 0.2) is 24.3 Å². The number of ether oxygens (including phenoxy) is 1. The fraction of sp³-hybridized carbons (Fsp3) is 0.579. The highest BCUT2D eigenvalue weighted by molar-refractivity contribution is 6.00. The highest BCUT2D eigenvalue weighted by atomic mass is 16.5. The summed E-state index contributed by atoms with van der Waals surface area (Å²) >= 11 is 0. The number of methoxy groups -OCH3 is 1. The average molecular weight is 373 g/mol. The van der Waals surface area contributed by atoms with Gasteiger partial charge in [0.05, 0.1) is 13.2 Å². The van der Waals surface area contributed by atoms with Gasteiger partial charge in [-0.05, 0) is 25.5 Å². The van der Waals surface area contributed by atoms with Crippen LogP contribution in [0.25, 0.3) is 0 Å². The van der Waals surface area contributed by atoms with Crippen LogP contribution >= 0.6 is 0 Å². The number of carbonyl (C=O) groups is 2. The third-order valence-corrected chi connectivity index (χ3v) is 5.75. The predicted molar refractivity (Wildman–Crippen MR) is 101 cm³/mol. The van der Waals surface area contributed by atoms with Crippen molar-refractivity contribution in [3.05, 3.63) is 29.8 Å². The normalized spacial score (nSPS) is 28.6. The van der Waals surface area contributed by atoms with Gasteiger partial charge >= 0.3 is 6.03 Å². The van der Waals surface area contributed by atoms with Crippen LogP contribution in [0.4, 0.5) is 10.5 Å². The number of nitrogens with one attached hydrogen (secondary N) is 1. The Morgan fingerprint density at radius 3 is 2.63 bits per heavy atom. The highest BCUT2D eigenvalue weighted by Crippen LogP contribution is 2.33. The Morgan fingerprint density at radius 2 is 1.93 bits per heavy atom. The minimum atomic E-state index is -0.372. The molecule has 8 nitrogen and oxygen atoms in total. The molecule has 1 N–H and O–H groups in total. The van der Waals surface area contributed by atoms with Crippen LogP contribution in [0.2, 0.25) is 0 Å². The van der Waals surface area contributed by atoms with E-state index in [1.165, 1.54) is 10.5 Å². The zero-order chi connectivity index (χ0) is 19.1. The van der Waals surface area contributed by atoms with Crippen LogP contribution in [0, 0.1) is 6.92 Å². The van der Waals surface area contributed by atoms with Crippen LogP contribution in [0.3, 0.4) is 0 Å². The lowest BCUT2D eigenvalue weighted by Crippen LogP contribution is -2.66. The SMILES string of the molecule is COCCN1C(=O)C2C(NC3N(c4ccc(C)cc4)CCCN23)N(C)C1=O. The maximum absolute atomic E-state index is 13.1. The number of rotatable bonds is 4. The quantitative estimate of drug-likeness (QED) is 0.835. The van der Waals surface area contributed by atoms with Gasteiger partial charge in [0.2, 0.25) is 0 Å². The van der Waals surface area contributed by atoms with Gasteiger partial charge in [-0.3, -0.25) is 19.9 Å². The number of imide groups is 1. The molecule has 1 aromatic carbocycles. The van der Waals surface area contributed by atoms with Gasteiger partial charge < -0.3 is 14.5 Å². The number of fused-ring (bicyclic) bond motifs is 3. The van der Waals surface area contributed by atoms with Gasteiger partial charge in [0, 0.05) is 32.9 Å². The molecule has 0 aromatic heterocycles. The van der Waals surface area contributed by atoms with Crippen molar-refractivity contribution in [2.24, 2.45) is 0 Å². The molecule has 1 aromatic rings. The Bertz CT molecular complexity index is 725. The van der Waals surface area contributed by atoms with E-state index in [2.05, 4.69) is 46.3 Å². The molecule has 0 aliphatic carbocycles. The lowest BCUT2D eigenvalue weighted by molar-refractivity contribution is -0.139. The van der Waals surface area contributed by atoms with Gasteiger partial charge in [-0.2, -0.15) is 0 Å². The molecule has 4 rings (SSSR count). The maximum atomic E-state index is 13.1. The summed E-state index contributed by atoms with van der Waals surface area (Å²) < 4.78 is 5.08. The minimum absolute atomic E-state index is 0.0990. The second kappa shape index (κ2) is 7.10. The van der Waals surface area contributed by atoms with Crippen LogP contribution < -0.4 is 10.2 Å². The molecule has 0 spiro atoms. The Kier molecular flexibility index (Phi) is 4.79. The Balaban J connectivity index is 1.62. The van der Waals surface area contributed by atoms with E-state index < -0.39 is 0 Å². The molecule has 27 heavy (non-hydrogen) atoms. The first-order valence-electron chi connectivity index (χ1n) is 9.45. The maximum Gasteiger partial charge on any atom is 0.327 e. The summed E-state index contributed by atoms with van der Waals surface area (Å²) in [5, 5.41) is 3.52. The van der Waals surface area contributed by atoms with E-state index in [0.29, 0.717) is 6.61 Å². The molecular weight excluding hydrogens is 346 g/mol. The zero-order valence-corrected chi connectivity index (χ0v) is 16.1. The first-order valence-corrected chi connectivity index (χ1v) is 9.45. The topological polar surface area (TPSA) is 68.4 Å². The third kappa shape index (κ3) is 2.97. The smallest absolute Gasteiger partial charge is 0.327 e. The molecule has 3 unspecified atom stereocenters. The summed E-state index contributed by atoms with van der Waals surface area (Å²) in [6.45, 7) is 4.43. The molecule has 0 bridgehead atoms. The molecule has 3 aliphatic rings. The number of aryl methyl sites for hydroxylation is 1. The van der Waals surface area contributed by atoms with Gasteiger partial charge in [0.1, 0.15) is 18.5 Å². The minimum Gasteiger partial charge on any atom is -0.383 e. The molecule has 3 heterocycles. The third-order valence-electron chi connectivity index (χ3n) is 5.75. The second-order valence-corrected chi connectivity index (χ2v) is 7.43. The Hall–Kier alpha value is -2.16.